The third kappa shape index (κ3) is 2.89. The van der Waals surface area contributed by atoms with Crippen LogP contribution in [0.3, 0.4) is 0 Å². The maximum atomic E-state index is 13.8. The fraction of sp³-hybridized carbons (Fsp3) is 0.455. The molecule has 1 aromatic carbocycles. The van der Waals surface area contributed by atoms with Crippen molar-refractivity contribution in [3.05, 3.63) is 28.2 Å². The third-order valence-corrected chi connectivity index (χ3v) is 3.44. The van der Waals surface area contributed by atoms with Crippen molar-refractivity contribution in [3.63, 3.8) is 0 Å². The van der Waals surface area contributed by atoms with Crippen molar-refractivity contribution >= 4 is 34.0 Å². The van der Waals surface area contributed by atoms with E-state index in [1.54, 1.807) is 12.1 Å². The summed E-state index contributed by atoms with van der Waals surface area (Å²) in [5, 5.41) is 3.21. The van der Waals surface area contributed by atoms with E-state index in [-0.39, 0.29) is 22.9 Å². The van der Waals surface area contributed by atoms with Crippen LogP contribution in [0.15, 0.2) is 16.6 Å². The van der Waals surface area contributed by atoms with E-state index in [9.17, 15) is 8.78 Å². The zero-order valence-electron chi connectivity index (χ0n) is 9.34. The molecular weight excluding hydrogens is 313 g/mol. The summed E-state index contributed by atoms with van der Waals surface area (Å²) in [5.41, 5.74) is 0.342. The normalized spacial score (nSPS) is 20.0. The Labute approximate surface area is 114 Å². The van der Waals surface area contributed by atoms with E-state index in [0.29, 0.717) is 12.2 Å². The number of piperazine rings is 1. The lowest BCUT2D eigenvalue weighted by Gasteiger charge is -2.36. The predicted octanol–water partition coefficient (Wildman–Crippen LogP) is 2.95. The Bertz CT molecular complexity index is 403. The quantitative estimate of drug-likeness (QED) is 0.798. The summed E-state index contributed by atoms with van der Waals surface area (Å²) in [7, 11) is 0. The van der Waals surface area contributed by atoms with Gasteiger partial charge in [0.05, 0.1) is 10.2 Å². The highest BCUT2D eigenvalue weighted by Gasteiger charge is 2.23. The SMILES string of the molecule is CC1CNCCN1c1ccc(Br)c(F)c1F.Cl. The van der Waals surface area contributed by atoms with Crippen LogP contribution < -0.4 is 10.2 Å². The Morgan fingerprint density at radius 3 is 2.71 bits per heavy atom. The lowest BCUT2D eigenvalue weighted by Crippen LogP contribution is -2.50. The number of anilines is 1. The van der Waals surface area contributed by atoms with Gasteiger partial charge in [-0.2, -0.15) is 0 Å². The molecule has 0 spiro atoms. The van der Waals surface area contributed by atoms with Gasteiger partial charge < -0.3 is 10.2 Å². The molecule has 2 rings (SSSR count). The molecule has 6 heteroatoms. The van der Waals surface area contributed by atoms with Gasteiger partial charge in [0.1, 0.15) is 0 Å². The molecule has 1 unspecified atom stereocenters. The second-order valence-corrected chi connectivity index (χ2v) is 4.80. The van der Waals surface area contributed by atoms with E-state index in [4.69, 9.17) is 0 Å². The third-order valence-electron chi connectivity index (χ3n) is 2.83. The van der Waals surface area contributed by atoms with Crippen LogP contribution in [0.5, 0.6) is 0 Å². The molecule has 1 atom stereocenters. The highest BCUT2D eigenvalue weighted by Crippen LogP contribution is 2.28. The summed E-state index contributed by atoms with van der Waals surface area (Å²) in [6.45, 7) is 4.27. The van der Waals surface area contributed by atoms with Gasteiger partial charge >= 0.3 is 0 Å². The zero-order valence-corrected chi connectivity index (χ0v) is 11.7. The van der Waals surface area contributed by atoms with E-state index in [2.05, 4.69) is 21.2 Å². The maximum absolute atomic E-state index is 13.8. The highest BCUT2D eigenvalue weighted by atomic mass is 79.9. The van der Waals surface area contributed by atoms with Gasteiger partial charge in [-0.3, -0.25) is 0 Å². The number of halogens is 4. The van der Waals surface area contributed by atoms with E-state index < -0.39 is 11.6 Å². The first-order valence-electron chi connectivity index (χ1n) is 5.22. The molecule has 17 heavy (non-hydrogen) atoms. The molecule has 0 amide bonds. The van der Waals surface area contributed by atoms with Gasteiger partial charge in [-0.1, -0.05) is 0 Å². The summed E-state index contributed by atoms with van der Waals surface area (Å²) in [4.78, 5) is 1.89. The monoisotopic (exact) mass is 326 g/mol. The number of nitrogens with one attached hydrogen (secondary N) is 1. The van der Waals surface area contributed by atoms with Crippen LogP contribution in [0.2, 0.25) is 0 Å². The molecular formula is C11H14BrClF2N2. The van der Waals surface area contributed by atoms with E-state index in [1.165, 1.54) is 0 Å². The van der Waals surface area contributed by atoms with Crippen LogP contribution in [0.4, 0.5) is 14.5 Å². The molecule has 1 heterocycles. The summed E-state index contributed by atoms with van der Waals surface area (Å²) < 4.78 is 27.3. The zero-order chi connectivity index (χ0) is 11.7. The van der Waals surface area contributed by atoms with Crippen molar-refractivity contribution in [1.82, 2.24) is 5.32 Å². The average Bonchev–Trinajstić information content (AvgIpc) is 2.28. The molecule has 1 N–H and O–H groups in total. The number of rotatable bonds is 1. The molecule has 0 radical (unpaired) electrons. The van der Waals surface area contributed by atoms with Gasteiger partial charge in [0.15, 0.2) is 11.6 Å². The minimum absolute atomic E-state index is 0. The Balaban J connectivity index is 0.00000144. The van der Waals surface area contributed by atoms with Crippen LogP contribution in [-0.2, 0) is 0 Å². The smallest absolute Gasteiger partial charge is 0.183 e. The molecule has 1 aromatic rings. The van der Waals surface area contributed by atoms with E-state index in [1.807, 2.05) is 11.8 Å². The van der Waals surface area contributed by atoms with Gasteiger partial charge in [0, 0.05) is 25.7 Å². The van der Waals surface area contributed by atoms with Gasteiger partial charge in [-0.05, 0) is 35.0 Å². The molecule has 1 aliphatic heterocycles. The highest BCUT2D eigenvalue weighted by molar-refractivity contribution is 9.10. The Morgan fingerprint density at radius 1 is 1.35 bits per heavy atom. The summed E-state index contributed by atoms with van der Waals surface area (Å²) in [6.07, 6.45) is 0. The van der Waals surface area contributed by atoms with Crippen LogP contribution in [-0.4, -0.2) is 25.7 Å². The first-order valence-corrected chi connectivity index (χ1v) is 6.01. The summed E-state index contributed by atoms with van der Waals surface area (Å²) in [5.74, 6) is -1.59. The molecule has 2 nitrogen and oxygen atoms in total. The standard InChI is InChI=1S/C11H13BrF2N2.ClH/c1-7-6-15-4-5-16(7)9-3-2-8(12)10(13)11(9)14;/h2-3,7,15H,4-6H2,1H3;1H. The Morgan fingerprint density at radius 2 is 2.06 bits per heavy atom. The van der Waals surface area contributed by atoms with Gasteiger partial charge in [-0.25, -0.2) is 8.78 Å². The van der Waals surface area contributed by atoms with Crippen molar-refractivity contribution in [2.45, 2.75) is 13.0 Å². The molecule has 0 bridgehead atoms. The second-order valence-electron chi connectivity index (χ2n) is 3.94. The summed E-state index contributed by atoms with van der Waals surface area (Å²) in [6, 6.07) is 3.33. The van der Waals surface area contributed by atoms with Gasteiger partial charge in [0.25, 0.3) is 0 Å². The number of hydrogen-bond acceptors (Lipinski definition) is 2. The van der Waals surface area contributed by atoms with Crippen molar-refractivity contribution < 1.29 is 8.78 Å². The number of nitrogens with zero attached hydrogens (tertiary/aromatic N) is 1. The largest absolute Gasteiger partial charge is 0.364 e. The predicted molar refractivity (Wildman–Crippen MR) is 71.0 cm³/mol. The Hall–Kier alpha value is -0.390. The second kappa shape index (κ2) is 5.98. The number of benzene rings is 1. The molecule has 0 aliphatic carbocycles. The fourth-order valence-electron chi connectivity index (χ4n) is 1.94. The van der Waals surface area contributed by atoms with Gasteiger partial charge in [-0.15, -0.1) is 12.4 Å². The summed E-state index contributed by atoms with van der Waals surface area (Å²) >= 11 is 2.97. The van der Waals surface area contributed by atoms with Crippen LogP contribution in [0.1, 0.15) is 6.92 Å². The van der Waals surface area contributed by atoms with Crippen molar-refractivity contribution in [2.24, 2.45) is 0 Å². The minimum Gasteiger partial charge on any atom is -0.364 e. The molecule has 1 aliphatic rings. The van der Waals surface area contributed by atoms with Crippen molar-refractivity contribution in [3.8, 4) is 0 Å². The molecule has 0 aromatic heterocycles. The fourth-order valence-corrected chi connectivity index (χ4v) is 2.24. The van der Waals surface area contributed by atoms with Crippen molar-refractivity contribution in [1.29, 1.82) is 0 Å². The number of hydrogen-bond donors (Lipinski definition) is 1. The molecule has 96 valence electrons. The van der Waals surface area contributed by atoms with Crippen LogP contribution in [0.25, 0.3) is 0 Å². The average molecular weight is 328 g/mol. The van der Waals surface area contributed by atoms with E-state index >= 15 is 0 Å². The lowest BCUT2D eigenvalue weighted by molar-refractivity contribution is 0.470. The van der Waals surface area contributed by atoms with Crippen molar-refractivity contribution in [2.75, 3.05) is 24.5 Å². The Kier molecular flexibility index (Phi) is 5.16. The molecule has 0 saturated carbocycles. The lowest BCUT2D eigenvalue weighted by atomic mass is 10.1. The van der Waals surface area contributed by atoms with E-state index in [0.717, 1.165) is 13.1 Å². The maximum Gasteiger partial charge on any atom is 0.183 e. The minimum atomic E-state index is -0.816. The topological polar surface area (TPSA) is 15.3 Å². The molecule has 1 saturated heterocycles. The van der Waals surface area contributed by atoms with Crippen LogP contribution >= 0.6 is 28.3 Å². The van der Waals surface area contributed by atoms with Gasteiger partial charge in [0.2, 0.25) is 0 Å². The molecule has 1 fully saturated rings. The van der Waals surface area contributed by atoms with Crippen LogP contribution in [0, 0.1) is 11.6 Å². The first kappa shape index (κ1) is 14.7. The first-order chi connectivity index (χ1) is 7.61.